The Morgan fingerprint density at radius 3 is 2.59 bits per heavy atom. The fraction of sp³-hybridized carbons (Fsp3) is 0.167. The van der Waals surface area contributed by atoms with Crippen molar-refractivity contribution < 1.29 is 18.3 Å². The summed E-state index contributed by atoms with van der Waals surface area (Å²) in [6.07, 6.45) is 3.16. The van der Waals surface area contributed by atoms with Crippen molar-refractivity contribution in [3.8, 4) is 11.3 Å². The Kier molecular flexibility index (Phi) is 5.51. The van der Waals surface area contributed by atoms with Crippen LogP contribution < -0.4 is 10.6 Å². The van der Waals surface area contributed by atoms with Crippen LogP contribution in [0.4, 0.5) is 30.6 Å². The van der Waals surface area contributed by atoms with Crippen molar-refractivity contribution >= 4 is 17.5 Å². The van der Waals surface area contributed by atoms with Crippen molar-refractivity contribution in [2.45, 2.75) is 13.0 Å². The number of aliphatic hydroxyl groups is 1. The van der Waals surface area contributed by atoms with E-state index in [0.717, 1.165) is 6.07 Å². The van der Waals surface area contributed by atoms with Gasteiger partial charge in [-0.2, -0.15) is 4.98 Å². The summed E-state index contributed by atoms with van der Waals surface area (Å²) in [6, 6.07) is 6.07. The summed E-state index contributed by atoms with van der Waals surface area (Å²) in [4.78, 5) is 12.5. The van der Waals surface area contributed by atoms with Crippen molar-refractivity contribution in [1.29, 1.82) is 0 Å². The van der Waals surface area contributed by atoms with Crippen molar-refractivity contribution in [1.82, 2.24) is 15.0 Å². The Hall–Kier alpha value is -3.20. The minimum atomic E-state index is -1.35. The highest BCUT2D eigenvalue weighted by molar-refractivity contribution is 5.67. The first-order valence-corrected chi connectivity index (χ1v) is 8.05. The van der Waals surface area contributed by atoms with Gasteiger partial charge in [-0.3, -0.25) is 4.98 Å². The molecule has 3 aromatic rings. The second-order valence-electron chi connectivity index (χ2n) is 5.77. The third kappa shape index (κ3) is 4.32. The summed E-state index contributed by atoms with van der Waals surface area (Å²) >= 11 is 0. The van der Waals surface area contributed by atoms with Crippen LogP contribution in [0.3, 0.4) is 0 Å². The van der Waals surface area contributed by atoms with Crippen LogP contribution >= 0.6 is 0 Å². The lowest BCUT2D eigenvalue weighted by Crippen LogP contribution is -2.21. The number of aliphatic hydroxyl groups excluding tert-OH is 1. The summed E-state index contributed by atoms with van der Waals surface area (Å²) in [5.41, 5.74) is 0.403. The maximum absolute atomic E-state index is 14.0. The van der Waals surface area contributed by atoms with E-state index in [1.165, 1.54) is 6.07 Å². The van der Waals surface area contributed by atoms with E-state index in [0.29, 0.717) is 17.3 Å². The van der Waals surface area contributed by atoms with E-state index in [9.17, 15) is 18.3 Å². The maximum Gasteiger partial charge on any atom is 0.225 e. The molecule has 3 rings (SSSR count). The number of nitrogens with one attached hydrogen (secondary N) is 2. The van der Waals surface area contributed by atoms with Crippen LogP contribution in [-0.4, -0.2) is 32.7 Å². The number of hydrogen-bond donors (Lipinski definition) is 3. The molecule has 140 valence electrons. The van der Waals surface area contributed by atoms with E-state index in [1.54, 1.807) is 31.5 Å². The van der Waals surface area contributed by atoms with Crippen molar-refractivity contribution in [3.63, 3.8) is 0 Å². The summed E-state index contributed by atoms with van der Waals surface area (Å²) in [5, 5.41) is 14.5. The van der Waals surface area contributed by atoms with Crippen LogP contribution in [0.1, 0.15) is 6.92 Å². The second kappa shape index (κ2) is 8.00. The van der Waals surface area contributed by atoms with Crippen molar-refractivity contribution in [2.24, 2.45) is 0 Å². The molecule has 2 heterocycles. The lowest BCUT2D eigenvalue weighted by atomic mass is 10.2. The van der Waals surface area contributed by atoms with Crippen LogP contribution in [-0.2, 0) is 0 Å². The van der Waals surface area contributed by atoms with Gasteiger partial charge in [-0.25, -0.2) is 18.2 Å². The van der Waals surface area contributed by atoms with E-state index in [2.05, 4.69) is 25.6 Å². The zero-order valence-corrected chi connectivity index (χ0v) is 14.2. The summed E-state index contributed by atoms with van der Waals surface area (Å²) in [6.45, 7) is 1.54. The molecule has 0 saturated heterocycles. The van der Waals surface area contributed by atoms with E-state index in [1.807, 2.05) is 0 Å². The van der Waals surface area contributed by atoms with Gasteiger partial charge in [0, 0.05) is 30.1 Å². The number of aromatic nitrogens is 3. The van der Waals surface area contributed by atoms with Crippen molar-refractivity contribution in [2.75, 3.05) is 17.2 Å². The highest BCUT2D eigenvalue weighted by atomic mass is 19.2. The first-order chi connectivity index (χ1) is 13.0. The molecule has 0 amide bonds. The van der Waals surface area contributed by atoms with Crippen LogP contribution in [0.5, 0.6) is 0 Å². The Labute approximate surface area is 153 Å². The molecule has 27 heavy (non-hydrogen) atoms. The van der Waals surface area contributed by atoms with Gasteiger partial charge in [-0.15, -0.1) is 0 Å². The molecule has 3 N–H and O–H groups in total. The molecule has 0 aliphatic carbocycles. The Balaban J connectivity index is 2.04. The molecule has 1 atom stereocenters. The topological polar surface area (TPSA) is 83.0 Å². The lowest BCUT2D eigenvalue weighted by molar-refractivity contribution is 0.281. The molecule has 1 aromatic carbocycles. The van der Waals surface area contributed by atoms with E-state index < -0.39 is 23.1 Å². The molecule has 0 unspecified atom stereocenters. The van der Waals surface area contributed by atoms with Gasteiger partial charge in [-0.05, 0) is 31.2 Å². The van der Waals surface area contributed by atoms with Gasteiger partial charge < -0.3 is 15.7 Å². The fourth-order valence-electron chi connectivity index (χ4n) is 2.27. The monoisotopic (exact) mass is 375 g/mol. The second-order valence-corrected chi connectivity index (χ2v) is 5.77. The zero-order chi connectivity index (χ0) is 19.4. The summed E-state index contributed by atoms with van der Waals surface area (Å²) in [7, 11) is 0. The quantitative estimate of drug-likeness (QED) is 0.572. The van der Waals surface area contributed by atoms with Gasteiger partial charge in [0.05, 0.1) is 12.3 Å². The Morgan fingerprint density at radius 1 is 1.11 bits per heavy atom. The minimum absolute atomic E-state index is 0.0416. The van der Waals surface area contributed by atoms with E-state index in [-0.39, 0.29) is 24.4 Å². The molecule has 2 aromatic heterocycles. The predicted octanol–water partition coefficient (Wildman–Crippen LogP) is 3.49. The standard InChI is InChI=1S/C18H16F3N5O/c1-10(9-27)23-18-24-14(11-3-2-6-22-8-11)7-15(26-18)25-17-13(20)5-4-12(19)16(17)21/h2-8,10,27H,9H2,1H3,(H2,23,24,25,26)/t10-/m1/s1. The van der Waals surface area contributed by atoms with Gasteiger partial charge in [0.1, 0.15) is 17.3 Å². The van der Waals surface area contributed by atoms with Gasteiger partial charge in [-0.1, -0.05) is 0 Å². The third-order valence-electron chi connectivity index (χ3n) is 3.63. The van der Waals surface area contributed by atoms with Crippen LogP contribution in [0, 0.1) is 17.5 Å². The number of anilines is 3. The van der Waals surface area contributed by atoms with Crippen molar-refractivity contribution in [3.05, 3.63) is 60.2 Å². The molecule has 9 heteroatoms. The van der Waals surface area contributed by atoms with Crippen LogP contribution in [0.2, 0.25) is 0 Å². The third-order valence-corrected chi connectivity index (χ3v) is 3.63. The molecule has 0 aliphatic rings. The number of rotatable bonds is 6. The summed E-state index contributed by atoms with van der Waals surface area (Å²) in [5.74, 6) is -3.34. The molecular weight excluding hydrogens is 359 g/mol. The van der Waals surface area contributed by atoms with Gasteiger partial charge in [0.2, 0.25) is 5.95 Å². The average Bonchev–Trinajstić information content (AvgIpc) is 2.68. The maximum atomic E-state index is 14.0. The Morgan fingerprint density at radius 2 is 1.89 bits per heavy atom. The zero-order valence-electron chi connectivity index (χ0n) is 14.2. The van der Waals surface area contributed by atoms with E-state index in [4.69, 9.17) is 0 Å². The number of benzene rings is 1. The number of pyridine rings is 1. The highest BCUT2D eigenvalue weighted by Gasteiger charge is 2.16. The minimum Gasteiger partial charge on any atom is -0.394 e. The van der Waals surface area contributed by atoms with Crippen LogP contribution in [0.25, 0.3) is 11.3 Å². The van der Waals surface area contributed by atoms with Gasteiger partial charge >= 0.3 is 0 Å². The molecular formula is C18H16F3N5O. The smallest absolute Gasteiger partial charge is 0.225 e. The number of nitrogens with zero attached hydrogens (tertiary/aromatic N) is 3. The predicted molar refractivity (Wildman–Crippen MR) is 95.0 cm³/mol. The van der Waals surface area contributed by atoms with E-state index >= 15 is 0 Å². The first-order valence-electron chi connectivity index (χ1n) is 8.05. The number of hydrogen-bond acceptors (Lipinski definition) is 6. The molecule has 0 radical (unpaired) electrons. The van der Waals surface area contributed by atoms with Crippen LogP contribution in [0.15, 0.2) is 42.7 Å². The van der Waals surface area contributed by atoms with Gasteiger partial charge in [0.25, 0.3) is 0 Å². The molecule has 0 bridgehead atoms. The molecule has 6 nitrogen and oxygen atoms in total. The normalized spacial score (nSPS) is 11.9. The molecule has 0 fully saturated rings. The Bertz CT molecular complexity index is 940. The summed E-state index contributed by atoms with van der Waals surface area (Å²) < 4.78 is 41.3. The molecule has 0 aliphatic heterocycles. The molecule has 0 spiro atoms. The fourth-order valence-corrected chi connectivity index (χ4v) is 2.27. The molecule has 0 saturated carbocycles. The number of halogens is 3. The lowest BCUT2D eigenvalue weighted by Gasteiger charge is -2.15. The highest BCUT2D eigenvalue weighted by Crippen LogP contribution is 2.27. The first kappa shape index (κ1) is 18.6. The average molecular weight is 375 g/mol. The largest absolute Gasteiger partial charge is 0.394 e. The SMILES string of the molecule is C[C@H](CO)Nc1nc(Nc2c(F)ccc(F)c2F)cc(-c2cccnc2)n1. The van der Waals surface area contributed by atoms with Gasteiger partial charge in [0.15, 0.2) is 11.6 Å².